The van der Waals surface area contributed by atoms with E-state index in [4.69, 9.17) is 14.2 Å². The maximum absolute atomic E-state index is 9.52. The van der Waals surface area contributed by atoms with Crippen LogP contribution >= 0.6 is 0 Å². The molecule has 0 unspecified atom stereocenters. The van der Waals surface area contributed by atoms with E-state index in [1.165, 1.54) is 0 Å². The van der Waals surface area contributed by atoms with Crippen molar-refractivity contribution in [3.05, 3.63) is 65.0 Å². The summed E-state index contributed by atoms with van der Waals surface area (Å²) < 4.78 is 17.4. The Labute approximate surface area is 198 Å². The number of nitrogens with zero attached hydrogens (tertiary/aromatic N) is 4. The lowest BCUT2D eigenvalue weighted by Crippen LogP contribution is -2.09. The molecule has 4 aromatic rings. The molecule has 1 N–H and O–H groups in total. The number of ether oxygens (including phenoxy) is 3. The Hall–Kier alpha value is -3.96. The van der Waals surface area contributed by atoms with Crippen molar-refractivity contribution in [3.63, 3.8) is 0 Å². The molecule has 8 heteroatoms. The minimum absolute atomic E-state index is 0.199. The zero-order valence-electron chi connectivity index (χ0n) is 19.8. The van der Waals surface area contributed by atoms with Gasteiger partial charge in [0.25, 0.3) is 0 Å². The van der Waals surface area contributed by atoms with Gasteiger partial charge in [0.15, 0.2) is 0 Å². The zero-order valence-corrected chi connectivity index (χ0v) is 19.8. The molecule has 2 heterocycles. The summed E-state index contributed by atoms with van der Waals surface area (Å²) in [5.74, 6) is 1.31. The fourth-order valence-corrected chi connectivity index (χ4v) is 4.02. The maximum atomic E-state index is 9.52. The second-order valence-corrected chi connectivity index (χ2v) is 7.97. The summed E-state index contributed by atoms with van der Waals surface area (Å²) in [6.45, 7) is 9.39. The van der Waals surface area contributed by atoms with Crippen molar-refractivity contribution < 1.29 is 14.2 Å². The van der Waals surface area contributed by atoms with Gasteiger partial charge in [-0.25, -0.2) is 0 Å². The Balaban J connectivity index is 1.65. The number of hydrogen-bond donors (Lipinski definition) is 1. The Morgan fingerprint density at radius 3 is 2.71 bits per heavy atom. The van der Waals surface area contributed by atoms with Gasteiger partial charge in [-0.3, -0.25) is 5.10 Å². The lowest BCUT2D eigenvalue weighted by molar-refractivity contribution is 0.110. The van der Waals surface area contributed by atoms with Gasteiger partial charge >= 0.3 is 0 Å². The number of nitriles is 1. The van der Waals surface area contributed by atoms with Crippen LogP contribution in [0.15, 0.2) is 42.6 Å². The van der Waals surface area contributed by atoms with Crippen LogP contribution in [-0.4, -0.2) is 40.2 Å². The van der Waals surface area contributed by atoms with Crippen LogP contribution in [0.1, 0.15) is 42.3 Å². The number of benzene rings is 2. The van der Waals surface area contributed by atoms with Gasteiger partial charge in [-0.2, -0.15) is 20.6 Å². The summed E-state index contributed by atoms with van der Waals surface area (Å²) in [6, 6.07) is 13.4. The molecule has 0 saturated heterocycles. The van der Waals surface area contributed by atoms with Gasteiger partial charge in [-0.05, 0) is 69.7 Å². The van der Waals surface area contributed by atoms with E-state index in [1.54, 1.807) is 18.3 Å². The molecule has 0 bridgehead atoms. The van der Waals surface area contributed by atoms with Crippen molar-refractivity contribution in [3.8, 4) is 28.8 Å². The van der Waals surface area contributed by atoms with Gasteiger partial charge in [0, 0.05) is 23.1 Å². The summed E-state index contributed by atoms with van der Waals surface area (Å²) in [4.78, 5) is 0. The average molecular weight is 458 g/mol. The summed E-state index contributed by atoms with van der Waals surface area (Å²) >= 11 is 0. The van der Waals surface area contributed by atoms with Crippen LogP contribution < -0.4 is 9.47 Å². The summed E-state index contributed by atoms with van der Waals surface area (Å²) in [7, 11) is 0. The maximum Gasteiger partial charge on any atom is 0.123 e. The van der Waals surface area contributed by atoms with E-state index < -0.39 is 0 Å². The highest BCUT2D eigenvalue weighted by atomic mass is 16.5. The number of hydrogen-bond acceptors (Lipinski definition) is 7. The molecule has 0 aliphatic rings. The Kier molecular flexibility index (Phi) is 7.04. The van der Waals surface area contributed by atoms with Crippen LogP contribution in [-0.2, 0) is 4.74 Å². The largest absolute Gasteiger partial charge is 0.491 e. The molecule has 0 fully saturated rings. The lowest BCUT2D eigenvalue weighted by Gasteiger charge is -2.18. The van der Waals surface area contributed by atoms with Crippen LogP contribution in [0.3, 0.4) is 0 Å². The molecule has 0 saturated carbocycles. The number of aryl methyl sites for hydroxylation is 2. The highest BCUT2D eigenvalue weighted by Gasteiger charge is 2.17. The molecule has 0 spiro atoms. The normalized spacial score (nSPS) is 11.9. The molecule has 2 aromatic carbocycles. The van der Waals surface area contributed by atoms with Crippen LogP contribution in [0.5, 0.6) is 11.5 Å². The molecule has 2 aromatic heterocycles. The molecular weight excluding hydrogens is 430 g/mol. The van der Waals surface area contributed by atoms with E-state index in [-0.39, 0.29) is 6.10 Å². The first kappa shape index (κ1) is 23.2. The number of H-pyrrole nitrogens is 1. The molecule has 0 radical (unpaired) electrons. The Morgan fingerprint density at radius 2 is 1.94 bits per heavy atom. The van der Waals surface area contributed by atoms with Gasteiger partial charge in [-0.15, -0.1) is 0 Å². The summed E-state index contributed by atoms with van der Waals surface area (Å²) in [6.07, 6.45) is 1.55. The van der Waals surface area contributed by atoms with Crippen molar-refractivity contribution in [2.75, 3.05) is 19.8 Å². The highest BCUT2D eigenvalue weighted by molar-refractivity contribution is 5.94. The molecule has 1 atom stereocenters. The van der Waals surface area contributed by atoms with Gasteiger partial charge in [0.2, 0.25) is 0 Å². The predicted octanol–water partition coefficient (Wildman–Crippen LogP) is 5.06. The van der Waals surface area contributed by atoms with Crippen LogP contribution in [0, 0.1) is 25.2 Å². The van der Waals surface area contributed by atoms with Crippen molar-refractivity contribution in [1.29, 1.82) is 5.26 Å². The smallest absolute Gasteiger partial charge is 0.123 e. The van der Waals surface area contributed by atoms with E-state index in [2.05, 4.69) is 26.5 Å². The van der Waals surface area contributed by atoms with E-state index in [1.807, 2.05) is 52.0 Å². The lowest BCUT2D eigenvalue weighted by atomic mass is 10.0. The number of aromatic nitrogens is 4. The van der Waals surface area contributed by atoms with Crippen LogP contribution in [0.25, 0.3) is 22.2 Å². The second-order valence-electron chi connectivity index (χ2n) is 7.97. The van der Waals surface area contributed by atoms with Crippen molar-refractivity contribution in [2.24, 2.45) is 0 Å². The SMILES string of the molecule is CCOCCOc1cc(C#N)cc(-c2n[nH]c3ccc(O[C@H](C)c4c(C)cnnc4C)cc23)c1. The van der Waals surface area contributed by atoms with Crippen molar-refractivity contribution in [2.45, 2.75) is 33.8 Å². The first-order valence-corrected chi connectivity index (χ1v) is 11.2. The third-order valence-electron chi connectivity index (χ3n) is 5.54. The average Bonchev–Trinajstić information content (AvgIpc) is 3.25. The van der Waals surface area contributed by atoms with E-state index >= 15 is 0 Å². The summed E-state index contributed by atoms with van der Waals surface area (Å²) in [5.41, 5.74) is 5.78. The number of aromatic amines is 1. The number of rotatable bonds is 9. The zero-order chi connectivity index (χ0) is 24.1. The molecule has 34 heavy (non-hydrogen) atoms. The molecule has 4 rings (SSSR count). The number of fused-ring (bicyclic) bond motifs is 1. The minimum atomic E-state index is -0.199. The van der Waals surface area contributed by atoms with Gasteiger partial charge < -0.3 is 14.2 Å². The number of nitrogens with one attached hydrogen (secondary N) is 1. The molecule has 174 valence electrons. The van der Waals surface area contributed by atoms with Gasteiger partial charge in [0.05, 0.1) is 35.6 Å². The molecule has 0 aliphatic heterocycles. The van der Waals surface area contributed by atoms with Crippen LogP contribution in [0.4, 0.5) is 0 Å². The predicted molar refractivity (Wildman–Crippen MR) is 129 cm³/mol. The highest BCUT2D eigenvalue weighted by Crippen LogP contribution is 2.33. The fraction of sp³-hybridized carbons (Fsp3) is 0.308. The Bertz CT molecular complexity index is 1320. The topological polar surface area (TPSA) is 106 Å². The fourth-order valence-electron chi connectivity index (χ4n) is 4.02. The molecule has 8 nitrogen and oxygen atoms in total. The minimum Gasteiger partial charge on any atom is -0.491 e. The van der Waals surface area contributed by atoms with E-state index in [0.717, 1.165) is 39.0 Å². The van der Waals surface area contributed by atoms with Crippen molar-refractivity contribution in [1.82, 2.24) is 20.4 Å². The molecule has 0 aliphatic carbocycles. The molecular formula is C26H27N5O3. The third-order valence-corrected chi connectivity index (χ3v) is 5.54. The second kappa shape index (κ2) is 10.3. The third kappa shape index (κ3) is 5.00. The van der Waals surface area contributed by atoms with E-state index in [0.29, 0.717) is 36.9 Å². The summed E-state index contributed by atoms with van der Waals surface area (Å²) in [5, 5.41) is 26.1. The van der Waals surface area contributed by atoms with Gasteiger partial charge in [-0.1, -0.05) is 0 Å². The standard InChI is InChI=1S/C26H27N5O3/c1-5-32-8-9-33-22-11-19(14-27)10-20(12-22)26-23-13-21(6-7-24(23)30-31-26)34-18(4)25-16(2)15-28-29-17(25)3/h6-7,10-13,15,18H,5,8-9H2,1-4H3,(H,30,31)/t18-/m1/s1. The monoisotopic (exact) mass is 457 g/mol. The van der Waals surface area contributed by atoms with Gasteiger partial charge in [0.1, 0.15) is 29.9 Å². The van der Waals surface area contributed by atoms with Crippen LogP contribution in [0.2, 0.25) is 0 Å². The first-order valence-electron chi connectivity index (χ1n) is 11.2. The van der Waals surface area contributed by atoms with E-state index in [9.17, 15) is 5.26 Å². The quantitative estimate of drug-likeness (QED) is 0.350. The molecule has 0 amide bonds. The van der Waals surface area contributed by atoms with Crippen molar-refractivity contribution >= 4 is 10.9 Å². The Morgan fingerprint density at radius 1 is 1.09 bits per heavy atom. The first-order chi connectivity index (χ1) is 16.5.